The van der Waals surface area contributed by atoms with E-state index >= 15 is 0 Å². The number of esters is 1. The van der Waals surface area contributed by atoms with Crippen LogP contribution in [-0.2, 0) is 9.53 Å². The van der Waals surface area contributed by atoms with Crippen molar-refractivity contribution in [1.82, 2.24) is 0 Å². The van der Waals surface area contributed by atoms with Crippen molar-refractivity contribution >= 4 is 5.97 Å². The third-order valence-electron chi connectivity index (χ3n) is 2.47. The highest BCUT2D eigenvalue weighted by atomic mass is 16.5. The standard InChI is InChI=1S/C13H16O5/c1-8(13(15)18-4)12(14)9-5-10(16-2)7-11(6-9)17-3/h5-7,12,14H,1H2,2-4H3. The summed E-state index contributed by atoms with van der Waals surface area (Å²) in [5, 5.41) is 10.0. The van der Waals surface area contributed by atoms with Gasteiger partial charge in [0.05, 0.1) is 26.9 Å². The fourth-order valence-electron chi connectivity index (χ4n) is 1.43. The number of hydrogen-bond acceptors (Lipinski definition) is 5. The minimum atomic E-state index is -1.17. The molecule has 0 radical (unpaired) electrons. The molecule has 0 saturated carbocycles. The molecule has 0 aliphatic heterocycles. The van der Waals surface area contributed by atoms with Crippen LogP contribution in [0.15, 0.2) is 30.4 Å². The van der Waals surface area contributed by atoms with Gasteiger partial charge in [-0.1, -0.05) is 6.58 Å². The van der Waals surface area contributed by atoms with Crippen LogP contribution in [0.3, 0.4) is 0 Å². The molecule has 0 bridgehead atoms. The maximum Gasteiger partial charge on any atom is 0.336 e. The normalized spacial score (nSPS) is 11.6. The van der Waals surface area contributed by atoms with Crippen LogP contribution in [0.2, 0.25) is 0 Å². The first-order chi connectivity index (χ1) is 8.53. The molecular weight excluding hydrogens is 236 g/mol. The molecule has 0 aliphatic carbocycles. The van der Waals surface area contributed by atoms with E-state index in [2.05, 4.69) is 11.3 Å². The van der Waals surface area contributed by atoms with E-state index in [0.29, 0.717) is 17.1 Å². The maximum atomic E-state index is 11.3. The van der Waals surface area contributed by atoms with Gasteiger partial charge in [0.2, 0.25) is 0 Å². The molecule has 0 aromatic heterocycles. The third-order valence-corrected chi connectivity index (χ3v) is 2.47. The molecule has 1 rings (SSSR count). The van der Waals surface area contributed by atoms with E-state index in [1.807, 2.05) is 0 Å². The van der Waals surface area contributed by atoms with E-state index < -0.39 is 12.1 Å². The summed E-state index contributed by atoms with van der Waals surface area (Å²) >= 11 is 0. The molecule has 0 fully saturated rings. The Bertz CT molecular complexity index is 430. The lowest BCUT2D eigenvalue weighted by Crippen LogP contribution is -2.12. The number of aliphatic hydroxyl groups excluding tert-OH is 1. The fraction of sp³-hybridized carbons (Fsp3) is 0.308. The van der Waals surface area contributed by atoms with Crippen LogP contribution >= 0.6 is 0 Å². The zero-order valence-electron chi connectivity index (χ0n) is 10.6. The molecule has 98 valence electrons. The van der Waals surface area contributed by atoms with E-state index in [-0.39, 0.29) is 5.57 Å². The Labute approximate surface area is 106 Å². The summed E-state index contributed by atoms with van der Waals surface area (Å²) < 4.78 is 14.7. The number of carbonyl (C=O) groups is 1. The maximum absolute atomic E-state index is 11.3. The second kappa shape index (κ2) is 6.07. The first-order valence-corrected chi connectivity index (χ1v) is 5.21. The van der Waals surface area contributed by atoms with Crippen LogP contribution in [0.4, 0.5) is 0 Å². The van der Waals surface area contributed by atoms with Gasteiger partial charge < -0.3 is 19.3 Å². The minimum absolute atomic E-state index is 0.0483. The van der Waals surface area contributed by atoms with Gasteiger partial charge in [-0.3, -0.25) is 0 Å². The first-order valence-electron chi connectivity index (χ1n) is 5.21. The largest absolute Gasteiger partial charge is 0.497 e. The summed E-state index contributed by atoms with van der Waals surface area (Å²) in [5.41, 5.74) is 0.398. The van der Waals surface area contributed by atoms with E-state index in [1.54, 1.807) is 18.2 Å². The van der Waals surface area contributed by atoms with Crippen LogP contribution < -0.4 is 9.47 Å². The summed E-state index contributed by atoms with van der Waals surface area (Å²) in [6, 6.07) is 4.86. The summed E-state index contributed by atoms with van der Waals surface area (Å²) in [6.07, 6.45) is -1.17. The molecule has 5 heteroatoms. The SMILES string of the molecule is C=C(C(=O)OC)C(O)c1cc(OC)cc(OC)c1. The lowest BCUT2D eigenvalue weighted by atomic mass is 10.0. The Balaban J connectivity index is 3.08. The monoisotopic (exact) mass is 252 g/mol. The van der Waals surface area contributed by atoms with E-state index in [0.717, 1.165) is 0 Å². The predicted molar refractivity (Wildman–Crippen MR) is 65.7 cm³/mol. The molecule has 1 aromatic rings. The van der Waals surface area contributed by atoms with Gasteiger partial charge in [0, 0.05) is 6.07 Å². The van der Waals surface area contributed by atoms with Gasteiger partial charge in [-0.2, -0.15) is 0 Å². The van der Waals surface area contributed by atoms with Crippen molar-refractivity contribution in [2.24, 2.45) is 0 Å². The highest BCUT2D eigenvalue weighted by molar-refractivity contribution is 5.89. The molecule has 1 unspecified atom stereocenters. The molecule has 1 atom stereocenters. The van der Waals surface area contributed by atoms with E-state index in [9.17, 15) is 9.90 Å². The molecule has 1 N–H and O–H groups in total. The smallest absolute Gasteiger partial charge is 0.336 e. The van der Waals surface area contributed by atoms with Gasteiger partial charge in [0.25, 0.3) is 0 Å². The Morgan fingerprint density at radius 3 is 2.06 bits per heavy atom. The highest BCUT2D eigenvalue weighted by Crippen LogP contribution is 2.29. The van der Waals surface area contributed by atoms with Crippen molar-refractivity contribution in [3.8, 4) is 11.5 Å². The number of ether oxygens (including phenoxy) is 3. The topological polar surface area (TPSA) is 65.0 Å². The van der Waals surface area contributed by atoms with Crippen molar-refractivity contribution < 1.29 is 24.1 Å². The zero-order chi connectivity index (χ0) is 13.7. The number of carbonyl (C=O) groups excluding carboxylic acids is 1. The van der Waals surface area contributed by atoms with Gasteiger partial charge >= 0.3 is 5.97 Å². The molecule has 0 saturated heterocycles. The second-order valence-electron chi connectivity index (χ2n) is 3.57. The second-order valence-corrected chi connectivity index (χ2v) is 3.57. The summed E-state index contributed by atoms with van der Waals surface area (Å²) in [6.45, 7) is 3.51. The van der Waals surface area contributed by atoms with Crippen molar-refractivity contribution in [3.05, 3.63) is 35.9 Å². The van der Waals surface area contributed by atoms with Crippen LogP contribution in [0.1, 0.15) is 11.7 Å². The summed E-state index contributed by atoms with van der Waals surface area (Å²) in [5.74, 6) is 0.367. The molecule has 0 aliphatic rings. The van der Waals surface area contributed by atoms with Gasteiger partial charge in [0.15, 0.2) is 0 Å². The Morgan fingerprint density at radius 1 is 1.17 bits per heavy atom. The van der Waals surface area contributed by atoms with E-state index in [4.69, 9.17) is 9.47 Å². The number of methoxy groups -OCH3 is 3. The third kappa shape index (κ3) is 3.01. The average molecular weight is 252 g/mol. The van der Waals surface area contributed by atoms with Crippen molar-refractivity contribution in [1.29, 1.82) is 0 Å². The number of rotatable bonds is 5. The lowest BCUT2D eigenvalue weighted by molar-refractivity contribution is -0.137. The molecular formula is C13H16O5. The predicted octanol–water partition coefficient (Wildman–Crippen LogP) is 1.47. The highest BCUT2D eigenvalue weighted by Gasteiger charge is 2.20. The fourth-order valence-corrected chi connectivity index (χ4v) is 1.43. The van der Waals surface area contributed by atoms with Gasteiger partial charge in [-0.25, -0.2) is 4.79 Å². The van der Waals surface area contributed by atoms with Crippen molar-refractivity contribution in [2.45, 2.75) is 6.10 Å². The van der Waals surface area contributed by atoms with Crippen molar-refractivity contribution in [2.75, 3.05) is 21.3 Å². The molecule has 0 spiro atoms. The van der Waals surface area contributed by atoms with Gasteiger partial charge in [0.1, 0.15) is 17.6 Å². The molecule has 0 heterocycles. The quantitative estimate of drug-likeness (QED) is 0.635. The van der Waals surface area contributed by atoms with Crippen molar-refractivity contribution in [3.63, 3.8) is 0 Å². The zero-order valence-corrected chi connectivity index (χ0v) is 10.6. The molecule has 0 amide bonds. The van der Waals surface area contributed by atoms with Crippen LogP contribution in [0, 0.1) is 0 Å². The van der Waals surface area contributed by atoms with Gasteiger partial charge in [-0.05, 0) is 17.7 Å². The van der Waals surface area contributed by atoms with Gasteiger partial charge in [-0.15, -0.1) is 0 Å². The van der Waals surface area contributed by atoms with Crippen LogP contribution in [0.25, 0.3) is 0 Å². The lowest BCUT2D eigenvalue weighted by Gasteiger charge is -2.14. The summed E-state index contributed by atoms with van der Waals surface area (Å²) in [7, 11) is 4.23. The van der Waals surface area contributed by atoms with E-state index in [1.165, 1.54) is 21.3 Å². The summed E-state index contributed by atoms with van der Waals surface area (Å²) in [4.78, 5) is 11.3. The van der Waals surface area contributed by atoms with Crippen LogP contribution in [0.5, 0.6) is 11.5 Å². The Hall–Kier alpha value is -2.01. The minimum Gasteiger partial charge on any atom is -0.497 e. The Morgan fingerprint density at radius 2 is 1.67 bits per heavy atom. The van der Waals surface area contributed by atoms with Crippen LogP contribution in [-0.4, -0.2) is 32.4 Å². The number of aliphatic hydroxyl groups is 1. The Kier molecular flexibility index (Phi) is 4.74. The number of benzene rings is 1. The molecule has 1 aromatic carbocycles. The molecule has 18 heavy (non-hydrogen) atoms. The molecule has 5 nitrogen and oxygen atoms in total. The first kappa shape index (κ1) is 14.1. The average Bonchev–Trinajstić information content (AvgIpc) is 2.43. The number of hydrogen-bond donors (Lipinski definition) is 1.